The summed E-state index contributed by atoms with van der Waals surface area (Å²) in [4.78, 5) is 0. The number of hydrogen-bond acceptors (Lipinski definition) is 4. The Balaban J connectivity index is 1.65. The lowest BCUT2D eigenvalue weighted by Gasteiger charge is -2.33. The Morgan fingerprint density at radius 3 is 1.50 bits per heavy atom. The third kappa shape index (κ3) is 5.38. The molecule has 2 aromatic rings. The molecule has 1 aliphatic carbocycles. The summed E-state index contributed by atoms with van der Waals surface area (Å²) >= 11 is 24.1. The second kappa shape index (κ2) is 9.75. The van der Waals surface area contributed by atoms with Gasteiger partial charge in [0.2, 0.25) is 0 Å². The number of hydrogen-bond donors (Lipinski definition) is 4. The van der Waals surface area contributed by atoms with Gasteiger partial charge in [0, 0.05) is 46.3 Å². The molecule has 0 aliphatic heterocycles. The Labute approximate surface area is 184 Å². The molecule has 0 saturated heterocycles. The fourth-order valence-corrected chi connectivity index (χ4v) is 4.68. The molecule has 4 N–H and O–H groups in total. The van der Waals surface area contributed by atoms with E-state index in [0.717, 1.165) is 25.7 Å². The van der Waals surface area contributed by atoms with E-state index in [4.69, 9.17) is 46.4 Å². The molecular weight excluding hydrogens is 442 g/mol. The van der Waals surface area contributed by atoms with Crippen LogP contribution < -0.4 is 10.6 Å². The van der Waals surface area contributed by atoms with Crippen LogP contribution in [0.4, 0.5) is 0 Å². The number of rotatable bonds is 6. The summed E-state index contributed by atoms with van der Waals surface area (Å²) in [6, 6.07) is 6.90. The van der Waals surface area contributed by atoms with Crippen molar-refractivity contribution < 1.29 is 10.2 Å². The highest BCUT2D eigenvalue weighted by Gasteiger charge is 2.25. The van der Waals surface area contributed by atoms with Crippen molar-refractivity contribution in [3.05, 3.63) is 55.5 Å². The molecule has 1 fully saturated rings. The molecule has 0 aromatic heterocycles. The fraction of sp³-hybridized carbons (Fsp3) is 0.400. The highest BCUT2D eigenvalue weighted by Crippen LogP contribution is 2.33. The van der Waals surface area contributed by atoms with E-state index in [2.05, 4.69) is 10.6 Å². The van der Waals surface area contributed by atoms with Crippen molar-refractivity contribution in [3.8, 4) is 11.5 Å². The molecule has 2 aromatic carbocycles. The first-order valence-electron chi connectivity index (χ1n) is 9.15. The van der Waals surface area contributed by atoms with Crippen molar-refractivity contribution in [2.45, 2.75) is 50.9 Å². The predicted molar refractivity (Wildman–Crippen MR) is 116 cm³/mol. The van der Waals surface area contributed by atoms with Crippen LogP contribution in [0.3, 0.4) is 0 Å². The first-order valence-corrected chi connectivity index (χ1v) is 10.7. The first-order chi connectivity index (χ1) is 13.3. The van der Waals surface area contributed by atoms with E-state index in [9.17, 15) is 10.2 Å². The molecule has 152 valence electrons. The molecule has 1 aliphatic rings. The molecule has 0 spiro atoms. The monoisotopic (exact) mass is 462 g/mol. The lowest BCUT2D eigenvalue weighted by atomic mass is 9.90. The molecule has 8 heteroatoms. The number of phenols is 2. The lowest BCUT2D eigenvalue weighted by molar-refractivity contribution is 0.279. The van der Waals surface area contributed by atoms with E-state index >= 15 is 0 Å². The minimum atomic E-state index is 0.0531. The summed E-state index contributed by atoms with van der Waals surface area (Å²) in [6.07, 6.45) is 4.28. The number of nitrogens with one attached hydrogen (secondary N) is 2. The van der Waals surface area contributed by atoms with Gasteiger partial charge >= 0.3 is 0 Å². The van der Waals surface area contributed by atoms with Crippen molar-refractivity contribution >= 4 is 46.4 Å². The van der Waals surface area contributed by atoms with Crippen LogP contribution in [0.1, 0.15) is 36.8 Å². The van der Waals surface area contributed by atoms with Crippen molar-refractivity contribution in [1.82, 2.24) is 10.6 Å². The molecule has 0 heterocycles. The van der Waals surface area contributed by atoms with Gasteiger partial charge in [-0.2, -0.15) is 0 Å². The van der Waals surface area contributed by atoms with Gasteiger partial charge in [-0.25, -0.2) is 0 Å². The molecule has 4 nitrogen and oxygen atoms in total. The average Bonchev–Trinajstić information content (AvgIpc) is 2.65. The molecule has 0 amide bonds. The van der Waals surface area contributed by atoms with Crippen LogP contribution in [0.15, 0.2) is 24.3 Å². The topological polar surface area (TPSA) is 64.5 Å². The van der Waals surface area contributed by atoms with Crippen molar-refractivity contribution in [1.29, 1.82) is 0 Å². The van der Waals surface area contributed by atoms with Crippen LogP contribution in [0.5, 0.6) is 11.5 Å². The zero-order chi connectivity index (χ0) is 20.3. The summed E-state index contributed by atoms with van der Waals surface area (Å²) in [6.45, 7) is 0.923. The van der Waals surface area contributed by atoms with E-state index in [1.165, 1.54) is 12.1 Å². The van der Waals surface area contributed by atoms with Crippen LogP contribution in [0.2, 0.25) is 20.1 Å². The minimum Gasteiger partial charge on any atom is -0.506 e. The summed E-state index contributed by atoms with van der Waals surface area (Å²) in [5.74, 6) is 0.106. The predicted octanol–water partition coefficient (Wildman–Crippen LogP) is 5.90. The largest absolute Gasteiger partial charge is 0.506 e. The maximum absolute atomic E-state index is 10.2. The fourth-order valence-electron chi connectivity index (χ4n) is 3.61. The molecular formula is C20H22Cl4N2O2. The van der Waals surface area contributed by atoms with Gasteiger partial charge in [0.15, 0.2) is 0 Å². The molecule has 2 atom stereocenters. The van der Waals surface area contributed by atoms with Crippen LogP contribution in [0.25, 0.3) is 0 Å². The number of halogens is 4. The van der Waals surface area contributed by atoms with Crippen molar-refractivity contribution in [2.75, 3.05) is 0 Å². The Hall–Kier alpha value is -0.880. The molecule has 0 radical (unpaired) electrons. The zero-order valence-electron chi connectivity index (χ0n) is 15.1. The van der Waals surface area contributed by atoms with Gasteiger partial charge in [-0.05, 0) is 37.1 Å². The van der Waals surface area contributed by atoms with E-state index in [-0.39, 0.29) is 33.6 Å². The number of benzene rings is 2. The zero-order valence-corrected chi connectivity index (χ0v) is 18.1. The first kappa shape index (κ1) is 21.8. The van der Waals surface area contributed by atoms with E-state index in [1.54, 1.807) is 12.1 Å². The van der Waals surface area contributed by atoms with Crippen LogP contribution >= 0.6 is 46.4 Å². The standard InChI is InChI=1S/C20H22Cl4N2O2/c21-13-5-11(19(27)15(23)7-13)9-25-17-3-1-2-4-18(17)26-10-12-6-14(22)8-16(24)20(12)28/h5-8,17-18,25-28H,1-4,9-10H2/t17-,18-/m1/s1. The Morgan fingerprint density at radius 1 is 0.714 bits per heavy atom. The maximum Gasteiger partial charge on any atom is 0.138 e. The lowest BCUT2D eigenvalue weighted by Crippen LogP contribution is -2.49. The Bertz CT molecular complexity index is 778. The minimum absolute atomic E-state index is 0.0531. The number of aromatic hydroxyl groups is 2. The average molecular weight is 464 g/mol. The second-order valence-corrected chi connectivity index (χ2v) is 8.74. The highest BCUT2D eigenvalue weighted by molar-refractivity contribution is 6.36. The van der Waals surface area contributed by atoms with Crippen molar-refractivity contribution in [2.24, 2.45) is 0 Å². The van der Waals surface area contributed by atoms with Gasteiger partial charge < -0.3 is 20.8 Å². The maximum atomic E-state index is 10.2. The van der Waals surface area contributed by atoms with Crippen LogP contribution in [-0.4, -0.2) is 22.3 Å². The van der Waals surface area contributed by atoms with Gasteiger partial charge in [0.25, 0.3) is 0 Å². The highest BCUT2D eigenvalue weighted by atomic mass is 35.5. The molecule has 0 unspecified atom stereocenters. The van der Waals surface area contributed by atoms with Gasteiger partial charge in [0.1, 0.15) is 11.5 Å². The normalized spacial score (nSPS) is 19.7. The SMILES string of the molecule is Oc1c(Cl)cc(Cl)cc1CN[C@@H]1CCCC[C@H]1NCc1cc(Cl)cc(Cl)c1O. The molecule has 3 rings (SSSR count). The summed E-state index contributed by atoms with van der Waals surface area (Å²) in [5, 5.41) is 28.8. The van der Waals surface area contributed by atoms with Gasteiger partial charge in [-0.15, -0.1) is 0 Å². The third-order valence-corrected chi connectivity index (χ3v) is 6.10. The van der Waals surface area contributed by atoms with Gasteiger partial charge in [-0.1, -0.05) is 59.2 Å². The van der Waals surface area contributed by atoms with E-state index in [0.29, 0.717) is 34.3 Å². The second-order valence-electron chi connectivity index (χ2n) is 7.05. The number of phenolic OH excluding ortho intramolecular Hbond substituents is 2. The van der Waals surface area contributed by atoms with Crippen LogP contribution in [-0.2, 0) is 13.1 Å². The summed E-state index contributed by atoms with van der Waals surface area (Å²) < 4.78 is 0. The van der Waals surface area contributed by atoms with Crippen molar-refractivity contribution in [3.63, 3.8) is 0 Å². The summed E-state index contributed by atoms with van der Waals surface area (Å²) in [7, 11) is 0. The molecule has 0 bridgehead atoms. The molecule has 28 heavy (non-hydrogen) atoms. The summed E-state index contributed by atoms with van der Waals surface area (Å²) in [5.41, 5.74) is 1.34. The van der Waals surface area contributed by atoms with E-state index < -0.39 is 0 Å². The van der Waals surface area contributed by atoms with Gasteiger partial charge in [-0.3, -0.25) is 0 Å². The van der Waals surface area contributed by atoms with E-state index in [1.807, 2.05) is 0 Å². The smallest absolute Gasteiger partial charge is 0.138 e. The van der Waals surface area contributed by atoms with Gasteiger partial charge in [0.05, 0.1) is 10.0 Å². The Morgan fingerprint density at radius 2 is 1.11 bits per heavy atom. The quantitative estimate of drug-likeness (QED) is 0.430. The molecule has 1 saturated carbocycles. The Kier molecular flexibility index (Phi) is 7.60. The van der Waals surface area contributed by atoms with Crippen LogP contribution in [0, 0.1) is 0 Å². The third-order valence-electron chi connectivity index (χ3n) is 5.09.